The Morgan fingerprint density at radius 1 is 1.16 bits per heavy atom. The molecule has 0 fully saturated rings. The van der Waals surface area contributed by atoms with Crippen LogP contribution in [0, 0.1) is 6.92 Å². The Morgan fingerprint density at radius 3 is 2.52 bits per heavy atom. The highest BCUT2D eigenvalue weighted by molar-refractivity contribution is 7.16. The maximum atomic E-state index is 12.4. The number of rotatable bonds is 4. The standard InChI is InChI=1S/C18H14Cl2N2O2S/c1-10-16(11-3-6-13(24-2)7-4-11)21-18(25-10)22-17(23)14-8-5-12(19)9-15(14)20/h3-9H,1-2H3,(H,21,22,23). The molecule has 0 atom stereocenters. The molecule has 0 saturated heterocycles. The molecule has 7 heteroatoms. The van der Waals surface area contributed by atoms with Gasteiger partial charge in [0.1, 0.15) is 5.75 Å². The van der Waals surface area contributed by atoms with Crippen LogP contribution < -0.4 is 10.1 Å². The molecule has 128 valence electrons. The highest BCUT2D eigenvalue weighted by Gasteiger charge is 2.15. The summed E-state index contributed by atoms with van der Waals surface area (Å²) in [6.07, 6.45) is 0. The molecular weight excluding hydrogens is 379 g/mol. The number of nitrogens with one attached hydrogen (secondary N) is 1. The summed E-state index contributed by atoms with van der Waals surface area (Å²) in [6, 6.07) is 12.4. The van der Waals surface area contributed by atoms with E-state index in [1.54, 1.807) is 19.2 Å². The Bertz CT molecular complexity index is 923. The highest BCUT2D eigenvalue weighted by atomic mass is 35.5. The van der Waals surface area contributed by atoms with Crippen molar-refractivity contribution >= 4 is 45.6 Å². The smallest absolute Gasteiger partial charge is 0.258 e. The van der Waals surface area contributed by atoms with Crippen LogP contribution in [0.25, 0.3) is 11.3 Å². The highest BCUT2D eigenvalue weighted by Crippen LogP contribution is 2.32. The van der Waals surface area contributed by atoms with Crippen LogP contribution in [0.2, 0.25) is 10.0 Å². The van der Waals surface area contributed by atoms with Crippen LogP contribution in [-0.4, -0.2) is 18.0 Å². The molecule has 0 aliphatic heterocycles. The number of halogens is 2. The van der Waals surface area contributed by atoms with Crippen molar-refractivity contribution in [1.82, 2.24) is 4.98 Å². The number of benzene rings is 2. The number of aryl methyl sites for hydroxylation is 1. The van der Waals surface area contributed by atoms with E-state index in [1.807, 2.05) is 31.2 Å². The first kappa shape index (κ1) is 17.7. The third-order valence-electron chi connectivity index (χ3n) is 3.56. The maximum absolute atomic E-state index is 12.4. The molecule has 0 spiro atoms. The summed E-state index contributed by atoms with van der Waals surface area (Å²) in [5.41, 5.74) is 2.13. The predicted molar refractivity (Wildman–Crippen MR) is 103 cm³/mol. The van der Waals surface area contributed by atoms with E-state index in [1.165, 1.54) is 17.4 Å². The van der Waals surface area contributed by atoms with E-state index in [-0.39, 0.29) is 5.91 Å². The van der Waals surface area contributed by atoms with Crippen LogP contribution in [0.5, 0.6) is 5.75 Å². The van der Waals surface area contributed by atoms with E-state index in [0.29, 0.717) is 20.7 Å². The number of nitrogens with zero attached hydrogens (tertiary/aromatic N) is 1. The van der Waals surface area contributed by atoms with Gasteiger partial charge in [-0.1, -0.05) is 23.2 Å². The quantitative estimate of drug-likeness (QED) is 0.620. The average molecular weight is 393 g/mol. The Hall–Kier alpha value is -2.08. The van der Waals surface area contributed by atoms with Crippen LogP contribution >= 0.6 is 34.5 Å². The normalized spacial score (nSPS) is 10.6. The second-order valence-corrected chi connectivity index (χ2v) is 7.28. The van der Waals surface area contributed by atoms with Crippen molar-refractivity contribution in [2.45, 2.75) is 6.92 Å². The Morgan fingerprint density at radius 2 is 1.88 bits per heavy atom. The number of methoxy groups -OCH3 is 1. The Balaban J connectivity index is 1.83. The van der Waals surface area contributed by atoms with Crippen LogP contribution in [-0.2, 0) is 0 Å². The number of hydrogen-bond donors (Lipinski definition) is 1. The molecular formula is C18H14Cl2N2O2S. The molecule has 3 aromatic rings. The lowest BCUT2D eigenvalue weighted by Gasteiger charge is -2.04. The largest absolute Gasteiger partial charge is 0.497 e. The van der Waals surface area contributed by atoms with E-state index >= 15 is 0 Å². The second kappa shape index (κ2) is 7.44. The van der Waals surface area contributed by atoms with E-state index in [0.717, 1.165) is 21.9 Å². The van der Waals surface area contributed by atoms with Gasteiger partial charge in [0, 0.05) is 15.5 Å². The van der Waals surface area contributed by atoms with Crippen molar-refractivity contribution in [2.75, 3.05) is 12.4 Å². The molecule has 4 nitrogen and oxygen atoms in total. The monoisotopic (exact) mass is 392 g/mol. The summed E-state index contributed by atoms with van der Waals surface area (Å²) in [5.74, 6) is 0.458. The number of thiazole rings is 1. The van der Waals surface area contributed by atoms with Gasteiger partial charge in [0.15, 0.2) is 5.13 Å². The molecule has 1 N–H and O–H groups in total. The average Bonchev–Trinajstić information content (AvgIpc) is 2.95. The zero-order chi connectivity index (χ0) is 18.0. The fourth-order valence-electron chi connectivity index (χ4n) is 2.30. The van der Waals surface area contributed by atoms with Gasteiger partial charge in [-0.3, -0.25) is 10.1 Å². The summed E-state index contributed by atoms with van der Waals surface area (Å²) in [4.78, 5) is 17.9. The molecule has 3 rings (SSSR count). The number of hydrogen-bond acceptors (Lipinski definition) is 4. The molecule has 25 heavy (non-hydrogen) atoms. The van der Waals surface area contributed by atoms with Crippen molar-refractivity contribution in [3.05, 3.63) is 63.0 Å². The number of carbonyl (C=O) groups is 1. The predicted octanol–water partition coefficient (Wildman–Crippen LogP) is 5.69. The van der Waals surface area contributed by atoms with Gasteiger partial charge >= 0.3 is 0 Å². The molecule has 0 aliphatic rings. The molecule has 1 aromatic heterocycles. The van der Waals surface area contributed by atoms with Gasteiger partial charge in [-0.2, -0.15) is 0 Å². The van der Waals surface area contributed by atoms with Gasteiger partial charge in [-0.25, -0.2) is 4.98 Å². The number of ether oxygens (including phenoxy) is 1. The van der Waals surface area contributed by atoms with Crippen molar-refractivity contribution in [1.29, 1.82) is 0 Å². The van der Waals surface area contributed by atoms with E-state index in [2.05, 4.69) is 10.3 Å². The lowest BCUT2D eigenvalue weighted by Crippen LogP contribution is -2.12. The second-order valence-electron chi connectivity index (χ2n) is 5.23. The minimum atomic E-state index is -0.323. The van der Waals surface area contributed by atoms with Crippen molar-refractivity contribution in [2.24, 2.45) is 0 Å². The summed E-state index contributed by atoms with van der Waals surface area (Å²) < 4.78 is 5.16. The lowest BCUT2D eigenvalue weighted by molar-refractivity contribution is 0.102. The third kappa shape index (κ3) is 3.95. The number of amides is 1. The SMILES string of the molecule is COc1ccc(-c2nc(NC(=O)c3ccc(Cl)cc3Cl)sc2C)cc1. The van der Waals surface area contributed by atoms with Gasteiger partial charge in [0.05, 0.1) is 23.4 Å². The first-order valence-corrected chi connectivity index (χ1v) is 8.93. The van der Waals surface area contributed by atoms with Gasteiger partial charge < -0.3 is 4.74 Å². The van der Waals surface area contributed by atoms with Gasteiger partial charge in [0.25, 0.3) is 5.91 Å². The Kier molecular flexibility index (Phi) is 5.27. The van der Waals surface area contributed by atoms with Gasteiger partial charge in [-0.05, 0) is 49.4 Å². The molecule has 0 unspecified atom stereocenters. The van der Waals surface area contributed by atoms with Crippen LogP contribution in [0.3, 0.4) is 0 Å². The van der Waals surface area contributed by atoms with Crippen molar-refractivity contribution in [3.8, 4) is 17.0 Å². The molecule has 2 aromatic carbocycles. The minimum Gasteiger partial charge on any atom is -0.497 e. The van der Waals surface area contributed by atoms with Gasteiger partial charge in [-0.15, -0.1) is 11.3 Å². The zero-order valence-corrected chi connectivity index (χ0v) is 15.8. The fourth-order valence-corrected chi connectivity index (χ4v) is 3.63. The molecule has 0 saturated carbocycles. The first-order chi connectivity index (χ1) is 12.0. The molecule has 0 aliphatic carbocycles. The van der Waals surface area contributed by atoms with Crippen molar-refractivity contribution < 1.29 is 9.53 Å². The van der Waals surface area contributed by atoms with Crippen molar-refractivity contribution in [3.63, 3.8) is 0 Å². The maximum Gasteiger partial charge on any atom is 0.258 e. The van der Waals surface area contributed by atoms with E-state index in [4.69, 9.17) is 27.9 Å². The van der Waals surface area contributed by atoms with Gasteiger partial charge in [0.2, 0.25) is 0 Å². The van der Waals surface area contributed by atoms with Crippen LogP contribution in [0.15, 0.2) is 42.5 Å². The molecule has 1 amide bonds. The van der Waals surface area contributed by atoms with E-state index < -0.39 is 0 Å². The zero-order valence-electron chi connectivity index (χ0n) is 13.5. The summed E-state index contributed by atoms with van der Waals surface area (Å²) >= 11 is 13.3. The number of anilines is 1. The van der Waals surface area contributed by atoms with Crippen LogP contribution in [0.1, 0.15) is 15.2 Å². The first-order valence-electron chi connectivity index (χ1n) is 7.36. The fraction of sp³-hybridized carbons (Fsp3) is 0.111. The summed E-state index contributed by atoms with van der Waals surface area (Å²) in [5, 5.41) is 4.08. The topological polar surface area (TPSA) is 51.2 Å². The lowest BCUT2D eigenvalue weighted by atomic mass is 10.1. The molecule has 0 radical (unpaired) electrons. The minimum absolute atomic E-state index is 0.300. The number of carbonyl (C=O) groups excluding carboxylic acids is 1. The Labute approximate surface area is 159 Å². The molecule has 1 heterocycles. The summed E-state index contributed by atoms with van der Waals surface area (Å²) in [7, 11) is 1.62. The molecule has 0 bridgehead atoms. The van der Waals surface area contributed by atoms with Crippen LogP contribution in [0.4, 0.5) is 5.13 Å². The van der Waals surface area contributed by atoms with E-state index in [9.17, 15) is 4.79 Å². The number of aromatic nitrogens is 1. The summed E-state index contributed by atoms with van der Waals surface area (Å²) in [6.45, 7) is 1.96. The third-order valence-corrected chi connectivity index (χ3v) is 4.99.